The van der Waals surface area contributed by atoms with Gasteiger partial charge in [-0.3, -0.25) is 0 Å². The Morgan fingerprint density at radius 1 is 0.933 bits per heavy atom. The van der Waals surface area contributed by atoms with E-state index in [4.69, 9.17) is 5.26 Å². The molecule has 0 unspecified atom stereocenters. The molecule has 82 valence electrons. The van der Waals surface area contributed by atoms with Crippen LogP contribution < -0.4 is 0 Å². The lowest BCUT2D eigenvalue weighted by Crippen LogP contribution is -1.69. The van der Waals surface area contributed by atoms with Crippen LogP contribution in [0.2, 0.25) is 0 Å². The third kappa shape index (κ3) is 12.7. The summed E-state index contributed by atoms with van der Waals surface area (Å²) >= 11 is 0. The van der Waals surface area contributed by atoms with E-state index in [1.54, 1.807) is 0 Å². The number of hydrogen-bond donors (Lipinski definition) is 0. The van der Waals surface area contributed by atoms with Crippen LogP contribution in [0.25, 0.3) is 0 Å². The highest BCUT2D eigenvalue weighted by atomic mass is 14.2. The second-order valence-electron chi connectivity index (χ2n) is 3.35. The number of unbranched alkanes of at least 4 members (excludes halogenated alkanes) is 2. The van der Waals surface area contributed by atoms with Gasteiger partial charge in [0, 0.05) is 0 Å². The highest BCUT2D eigenvalue weighted by Gasteiger charge is 1.80. The molecule has 0 N–H and O–H groups in total. The number of allylic oxidation sites excluding steroid dienone is 6. The van der Waals surface area contributed by atoms with E-state index in [0.717, 1.165) is 25.7 Å². The molecular formula is C14H21N. The third-order valence-corrected chi connectivity index (χ3v) is 1.96. The first kappa shape index (κ1) is 13.7. The van der Waals surface area contributed by atoms with Gasteiger partial charge in [-0.15, -0.1) is 0 Å². The molecule has 0 aliphatic rings. The minimum Gasteiger partial charge on any atom is -0.198 e. The maximum atomic E-state index is 8.29. The predicted molar refractivity (Wildman–Crippen MR) is 66.4 cm³/mol. The molecule has 0 aromatic heterocycles. The summed E-state index contributed by atoms with van der Waals surface area (Å²) in [7, 11) is 0. The highest BCUT2D eigenvalue weighted by molar-refractivity contribution is 4.93. The number of rotatable bonds is 8. The fourth-order valence-electron chi connectivity index (χ4n) is 1.16. The van der Waals surface area contributed by atoms with E-state index in [1.807, 2.05) is 6.08 Å². The van der Waals surface area contributed by atoms with Gasteiger partial charge in [-0.05, 0) is 32.1 Å². The Kier molecular flexibility index (Phi) is 11.6. The SMILES string of the molecule is CC/C=C/C/C=C/CCC/C=C/CC#N. The fourth-order valence-corrected chi connectivity index (χ4v) is 1.16. The van der Waals surface area contributed by atoms with Gasteiger partial charge in [-0.25, -0.2) is 0 Å². The summed E-state index contributed by atoms with van der Waals surface area (Å²) in [6, 6.07) is 2.09. The molecule has 0 aromatic carbocycles. The van der Waals surface area contributed by atoms with E-state index in [0.29, 0.717) is 6.42 Å². The lowest BCUT2D eigenvalue weighted by molar-refractivity contribution is 0.864. The minimum absolute atomic E-state index is 0.539. The third-order valence-electron chi connectivity index (χ3n) is 1.96. The van der Waals surface area contributed by atoms with Crippen molar-refractivity contribution in [2.24, 2.45) is 0 Å². The van der Waals surface area contributed by atoms with Crippen molar-refractivity contribution >= 4 is 0 Å². The Labute approximate surface area is 93.8 Å². The second-order valence-corrected chi connectivity index (χ2v) is 3.35. The fraction of sp³-hybridized carbons (Fsp3) is 0.500. The van der Waals surface area contributed by atoms with Crippen molar-refractivity contribution in [3.05, 3.63) is 36.5 Å². The molecule has 0 heterocycles. The average Bonchev–Trinajstić information content (AvgIpc) is 2.26. The minimum atomic E-state index is 0.539. The second kappa shape index (κ2) is 12.7. The molecule has 0 amide bonds. The molecular weight excluding hydrogens is 182 g/mol. The molecule has 0 saturated heterocycles. The van der Waals surface area contributed by atoms with Crippen molar-refractivity contribution in [1.29, 1.82) is 5.26 Å². The van der Waals surface area contributed by atoms with Gasteiger partial charge >= 0.3 is 0 Å². The lowest BCUT2D eigenvalue weighted by atomic mass is 10.2. The summed E-state index contributed by atoms with van der Waals surface area (Å²) in [5.74, 6) is 0. The zero-order valence-corrected chi connectivity index (χ0v) is 9.65. The van der Waals surface area contributed by atoms with Crippen molar-refractivity contribution in [1.82, 2.24) is 0 Å². The Morgan fingerprint density at radius 2 is 1.60 bits per heavy atom. The molecule has 0 aliphatic carbocycles. The van der Waals surface area contributed by atoms with Gasteiger partial charge in [0.15, 0.2) is 0 Å². The summed E-state index contributed by atoms with van der Waals surface area (Å²) in [6.07, 6.45) is 19.0. The molecule has 0 atom stereocenters. The first-order chi connectivity index (χ1) is 7.41. The average molecular weight is 203 g/mol. The van der Waals surface area contributed by atoms with Gasteiger partial charge in [0.25, 0.3) is 0 Å². The molecule has 0 rings (SSSR count). The number of hydrogen-bond acceptors (Lipinski definition) is 1. The van der Waals surface area contributed by atoms with Crippen molar-refractivity contribution in [2.45, 2.75) is 45.4 Å². The quantitative estimate of drug-likeness (QED) is 0.419. The van der Waals surface area contributed by atoms with Crippen LogP contribution in [0.5, 0.6) is 0 Å². The Hall–Kier alpha value is -1.29. The molecule has 0 spiro atoms. The Morgan fingerprint density at radius 3 is 2.27 bits per heavy atom. The molecule has 1 nitrogen and oxygen atoms in total. The summed E-state index contributed by atoms with van der Waals surface area (Å²) in [6.45, 7) is 2.15. The van der Waals surface area contributed by atoms with Gasteiger partial charge in [0.1, 0.15) is 0 Å². The van der Waals surface area contributed by atoms with Gasteiger partial charge in [0.05, 0.1) is 12.5 Å². The van der Waals surface area contributed by atoms with Crippen LogP contribution in [-0.4, -0.2) is 0 Å². The molecule has 0 aliphatic heterocycles. The topological polar surface area (TPSA) is 23.8 Å². The van der Waals surface area contributed by atoms with Crippen LogP contribution in [0, 0.1) is 11.3 Å². The lowest BCUT2D eigenvalue weighted by Gasteiger charge is -1.89. The van der Waals surface area contributed by atoms with Gasteiger partial charge < -0.3 is 0 Å². The zero-order chi connectivity index (χ0) is 11.2. The largest absolute Gasteiger partial charge is 0.198 e. The van der Waals surface area contributed by atoms with Gasteiger partial charge in [-0.2, -0.15) is 5.26 Å². The van der Waals surface area contributed by atoms with Crippen LogP contribution in [0.1, 0.15) is 45.4 Å². The molecule has 0 aromatic rings. The Bertz CT molecular complexity index is 241. The summed E-state index contributed by atoms with van der Waals surface area (Å²) in [5.41, 5.74) is 0. The molecule has 0 bridgehead atoms. The maximum absolute atomic E-state index is 8.29. The monoisotopic (exact) mass is 203 g/mol. The highest BCUT2D eigenvalue weighted by Crippen LogP contribution is 1.99. The predicted octanol–water partition coefficient (Wildman–Crippen LogP) is 4.54. The summed E-state index contributed by atoms with van der Waals surface area (Å²) in [5, 5.41) is 8.29. The maximum Gasteiger partial charge on any atom is 0.0663 e. The van der Waals surface area contributed by atoms with E-state index in [1.165, 1.54) is 6.42 Å². The van der Waals surface area contributed by atoms with Crippen LogP contribution in [0.15, 0.2) is 36.5 Å². The van der Waals surface area contributed by atoms with Crippen molar-refractivity contribution in [3.63, 3.8) is 0 Å². The molecule has 0 saturated carbocycles. The normalized spacial score (nSPS) is 11.7. The van der Waals surface area contributed by atoms with E-state index >= 15 is 0 Å². The first-order valence-electron chi connectivity index (χ1n) is 5.73. The van der Waals surface area contributed by atoms with Crippen LogP contribution >= 0.6 is 0 Å². The van der Waals surface area contributed by atoms with Crippen LogP contribution in [-0.2, 0) is 0 Å². The molecule has 1 heteroatoms. The van der Waals surface area contributed by atoms with Gasteiger partial charge in [-0.1, -0.05) is 43.4 Å². The number of nitriles is 1. The van der Waals surface area contributed by atoms with Crippen molar-refractivity contribution in [3.8, 4) is 6.07 Å². The van der Waals surface area contributed by atoms with E-state index in [9.17, 15) is 0 Å². The van der Waals surface area contributed by atoms with Crippen molar-refractivity contribution < 1.29 is 0 Å². The standard InChI is InChI=1S/C14H21N/c1-2-3-4-5-6-7-8-9-10-11-12-13-14-15/h3-4,6-7,11-12H,2,5,8-10,13H2,1H3/b4-3+,7-6+,12-11+. The molecule has 0 radical (unpaired) electrons. The van der Waals surface area contributed by atoms with E-state index in [2.05, 4.69) is 43.4 Å². The number of nitrogens with zero attached hydrogens (tertiary/aromatic N) is 1. The van der Waals surface area contributed by atoms with Crippen LogP contribution in [0.4, 0.5) is 0 Å². The first-order valence-corrected chi connectivity index (χ1v) is 5.73. The van der Waals surface area contributed by atoms with E-state index < -0.39 is 0 Å². The van der Waals surface area contributed by atoms with E-state index in [-0.39, 0.29) is 0 Å². The van der Waals surface area contributed by atoms with Gasteiger partial charge in [0.2, 0.25) is 0 Å². The van der Waals surface area contributed by atoms with Crippen LogP contribution in [0.3, 0.4) is 0 Å². The Balaban J connectivity index is 3.24. The summed E-state index contributed by atoms with van der Waals surface area (Å²) < 4.78 is 0. The zero-order valence-electron chi connectivity index (χ0n) is 9.65. The smallest absolute Gasteiger partial charge is 0.0663 e. The van der Waals surface area contributed by atoms with Crippen molar-refractivity contribution in [2.75, 3.05) is 0 Å². The molecule has 15 heavy (non-hydrogen) atoms. The summed E-state index contributed by atoms with van der Waals surface area (Å²) in [4.78, 5) is 0. The molecule has 0 fully saturated rings.